The maximum atomic E-state index is 15.1. The van der Waals surface area contributed by atoms with Crippen LogP contribution in [0.15, 0.2) is 30.3 Å². The van der Waals surface area contributed by atoms with Crippen molar-refractivity contribution < 1.29 is 13.6 Å². The molecule has 22 heavy (non-hydrogen) atoms. The third-order valence-corrected chi connectivity index (χ3v) is 5.22. The van der Waals surface area contributed by atoms with Gasteiger partial charge in [-0.25, -0.2) is 8.78 Å². The molecule has 2 atom stereocenters. The number of nitrogens with two attached hydrogens (primary N) is 2. The maximum Gasteiger partial charge on any atom is 0.251 e. The van der Waals surface area contributed by atoms with Crippen LogP contribution >= 0.6 is 11.3 Å². The Labute approximate surface area is 130 Å². The van der Waals surface area contributed by atoms with E-state index >= 15 is 4.39 Å². The summed E-state index contributed by atoms with van der Waals surface area (Å²) in [5.74, 6) is -0.610. The number of thiophene rings is 1. The van der Waals surface area contributed by atoms with E-state index in [-0.39, 0.29) is 29.8 Å². The van der Waals surface area contributed by atoms with Gasteiger partial charge in [-0.1, -0.05) is 30.3 Å². The first-order chi connectivity index (χ1) is 10.4. The van der Waals surface area contributed by atoms with Crippen molar-refractivity contribution in [3.8, 4) is 0 Å². The average molecular weight is 322 g/mol. The van der Waals surface area contributed by atoms with E-state index in [0.717, 1.165) is 11.3 Å². The molecule has 6 heteroatoms. The van der Waals surface area contributed by atoms with Gasteiger partial charge in [-0.3, -0.25) is 4.79 Å². The van der Waals surface area contributed by atoms with Crippen LogP contribution in [0.1, 0.15) is 39.0 Å². The van der Waals surface area contributed by atoms with Gasteiger partial charge in [0.2, 0.25) is 0 Å². The third kappa shape index (κ3) is 2.37. The van der Waals surface area contributed by atoms with Gasteiger partial charge in [-0.05, 0) is 24.0 Å². The van der Waals surface area contributed by atoms with E-state index in [9.17, 15) is 9.18 Å². The molecule has 0 fully saturated rings. The molecule has 0 bridgehead atoms. The Morgan fingerprint density at radius 3 is 2.64 bits per heavy atom. The van der Waals surface area contributed by atoms with Gasteiger partial charge in [0, 0.05) is 11.3 Å². The summed E-state index contributed by atoms with van der Waals surface area (Å²) in [5, 5.41) is 0.289. The van der Waals surface area contributed by atoms with Crippen LogP contribution in [0.2, 0.25) is 0 Å². The number of carbonyl (C=O) groups is 1. The van der Waals surface area contributed by atoms with E-state index < -0.39 is 17.7 Å². The summed E-state index contributed by atoms with van der Waals surface area (Å²) >= 11 is 1.13. The summed E-state index contributed by atoms with van der Waals surface area (Å²) in [6.45, 7) is 0. The Bertz CT molecular complexity index is 716. The molecule has 0 aliphatic heterocycles. The Morgan fingerprint density at radius 2 is 2.00 bits per heavy atom. The third-order valence-electron chi connectivity index (χ3n) is 4.16. The summed E-state index contributed by atoms with van der Waals surface area (Å²) in [5.41, 5.74) is 10.4. The highest BCUT2D eigenvalue weighted by Gasteiger charge is 2.45. The van der Waals surface area contributed by atoms with Crippen molar-refractivity contribution in [2.45, 2.75) is 31.1 Å². The molecule has 2 aromatic rings. The quantitative estimate of drug-likeness (QED) is 0.910. The molecule has 1 aromatic heterocycles. The topological polar surface area (TPSA) is 69.1 Å². The van der Waals surface area contributed by atoms with Gasteiger partial charge in [0.15, 0.2) is 11.8 Å². The minimum absolute atomic E-state index is 0.00646. The monoisotopic (exact) mass is 322 g/mol. The lowest BCUT2D eigenvalue weighted by Gasteiger charge is -2.32. The normalized spacial score (nSPS) is 22.1. The van der Waals surface area contributed by atoms with Crippen molar-refractivity contribution in [2.75, 3.05) is 5.73 Å². The minimum atomic E-state index is -1.99. The van der Waals surface area contributed by atoms with Gasteiger partial charge in [0.1, 0.15) is 0 Å². The van der Waals surface area contributed by atoms with E-state index in [0.29, 0.717) is 16.0 Å². The summed E-state index contributed by atoms with van der Waals surface area (Å²) in [6.07, 6.45) is -1.51. The number of carbonyl (C=O) groups excluding carboxylic acids is 1. The molecule has 1 aromatic carbocycles. The van der Waals surface area contributed by atoms with Crippen LogP contribution in [-0.2, 0) is 12.8 Å². The molecule has 3 nitrogen and oxygen atoms in total. The van der Waals surface area contributed by atoms with E-state index in [1.807, 2.05) is 0 Å². The van der Waals surface area contributed by atoms with E-state index in [1.165, 1.54) is 0 Å². The summed E-state index contributed by atoms with van der Waals surface area (Å²) in [6, 6.07) is 8.30. The van der Waals surface area contributed by atoms with Crippen molar-refractivity contribution in [1.82, 2.24) is 0 Å². The van der Waals surface area contributed by atoms with Gasteiger partial charge in [0.25, 0.3) is 5.91 Å². The van der Waals surface area contributed by atoms with Gasteiger partial charge < -0.3 is 11.5 Å². The molecule has 3 rings (SSSR count). The van der Waals surface area contributed by atoms with Crippen LogP contribution in [0.5, 0.6) is 0 Å². The maximum absolute atomic E-state index is 15.1. The molecule has 0 radical (unpaired) electrons. The number of amides is 1. The summed E-state index contributed by atoms with van der Waals surface area (Å²) < 4.78 is 29.8. The lowest BCUT2D eigenvalue weighted by Crippen LogP contribution is -2.35. The molecule has 1 aliphatic rings. The number of hydrogen-bond donors (Lipinski definition) is 2. The molecule has 116 valence electrons. The fourth-order valence-electron chi connectivity index (χ4n) is 3.04. The first-order valence-electron chi connectivity index (χ1n) is 7.00. The lowest BCUT2D eigenvalue weighted by atomic mass is 9.79. The molecule has 2 unspecified atom stereocenters. The number of benzene rings is 1. The first-order valence-corrected chi connectivity index (χ1v) is 7.82. The fourth-order valence-corrected chi connectivity index (χ4v) is 4.27. The Morgan fingerprint density at radius 1 is 1.32 bits per heavy atom. The number of hydrogen-bond acceptors (Lipinski definition) is 3. The van der Waals surface area contributed by atoms with E-state index in [2.05, 4.69) is 0 Å². The minimum Gasteiger partial charge on any atom is -0.390 e. The second-order valence-corrected chi connectivity index (χ2v) is 6.73. The zero-order chi connectivity index (χ0) is 15.9. The predicted octanol–water partition coefficient (Wildman–Crippen LogP) is 3.34. The molecule has 0 spiro atoms. The fraction of sp³-hybridized carbons (Fsp3) is 0.312. The number of fused-ring (bicyclic) bond motifs is 1. The van der Waals surface area contributed by atoms with Crippen LogP contribution in [0.4, 0.5) is 13.8 Å². The number of halogens is 2. The summed E-state index contributed by atoms with van der Waals surface area (Å²) in [4.78, 5) is 12.1. The van der Waals surface area contributed by atoms with Crippen molar-refractivity contribution in [3.05, 3.63) is 51.9 Å². The lowest BCUT2D eigenvalue weighted by molar-refractivity contribution is 0.0360. The number of nitrogen functional groups attached to an aromatic ring is 1. The van der Waals surface area contributed by atoms with Crippen LogP contribution in [0.3, 0.4) is 0 Å². The average Bonchev–Trinajstić information content (AvgIpc) is 2.82. The predicted molar refractivity (Wildman–Crippen MR) is 83.4 cm³/mol. The summed E-state index contributed by atoms with van der Waals surface area (Å²) in [7, 11) is 0. The molecule has 1 aliphatic carbocycles. The Kier molecular flexibility index (Phi) is 3.64. The number of rotatable bonds is 3. The highest BCUT2D eigenvalue weighted by Crippen LogP contribution is 2.47. The van der Waals surface area contributed by atoms with Crippen LogP contribution in [0.25, 0.3) is 0 Å². The van der Waals surface area contributed by atoms with Crippen LogP contribution in [0, 0.1) is 0 Å². The van der Waals surface area contributed by atoms with Crippen molar-refractivity contribution in [3.63, 3.8) is 0 Å². The Hall–Kier alpha value is -1.95. The van der Waals surface area contributed by atoms with Crippen LogP contribution < -0.4 is 11.5 Å². The molecule has 1 heterocycles. The number of anilines is 1. The molecular formula is C16H16F2N2OS. The van der Waals surface area contributed by atoms with Crippen molar-refractivity contribution in [1.29, 1.82) is 0 Å². The number of primary amides is 1. The number of alkyl halides is 2. The molecule has 0 saturated heterocycles. The van der Waals surface area contributed by atoms with Gasteiger partial charge in [0.05, 0.1) is 10.6 Å². The van der Waals surface area contributed by atoms with Crippen molar-refractivity contribution in [2.24, 2.45) is 5.73 Å². The molecular weight excluding hydrogens is 306 g/mol. The van der Waals surface area contributed by atoms with Gasteiger partial charge >= 0.3 is 0 Å². The first kappa shape index (κ1) is 15.0. The van der Waals surface area contributed by atoms with Crippen LogP contribution in [-0.4, -0.2) is 11.6 Å². The smallest absolute Gasteiger partial charge is 0.251 e. The zero-order valence-corrected chi connectivity index (χ0v) is 12.6. The van der Waals surface area contributed by atoms with Gasteiger partial charge in [-0.2, -0.15) is 0 Å². The molecule has 0 saturated carbocycles. The second kappa shape index (κ2) is 5.35. The standard InChI is InChI=1S/C16H16F2N2OS/c17-13(9-4-2-1-3-5-9)16(18)7-6-10-11(8-16)22-15(20)12(10)14(19)21/h1-5,13H,6-8,20H2,(H2,19,21). The zero-order valence-electron chi connectivity index (χ0n) is 11.8. The largest absolute Gasteiger partial charge is 0.390 e. The highest BCUT2D eigenvalue weighted by atomic mass is 32.1. The molecule has 4 N–H and O–H groups in total. The van der Waals surface area contributed by atoms with E-state index in [4.69, 9.17) is 11.5 Å². The Balaban J connectivity index is 1.94. The van der Waals surface area contributed by atoms with Gasteiger partial charge in [-0.15, -0.1) is 11.3 Å². The van der Waals surface area contributed by atoms with Crippen molar-refractivity contribution >= 4 is 22.2 Å². The SMILES string of the molecule is NC(=O)c1c(N)sc2c1CCC(F)(C(F)c1ccccc1)C2. The second-order valence-electron chi connectivity index (χ2n) is 5.59. The van der Waals surface area contributed by atoms with E-state index in [1.54, 1.807) is 30.3 Å². The highest BCUT2D eigenvalue weighted by molar-refractivity contribution is 7.16. The molecule has 1 amide bonds.